The van der Waals surface area contributed by atoms with E-state index in [0.717, 1.165) is 10.5 Å². The first-order chi connectivity index (χ1) is 11.6. The van der Waals surface area contributed by atoms with Crippen molar-refractivity contribution in [2.45, 2.75) is 6.04 Å². The molecular weight excluding hydrogens is 309 g/mol. The summed E-state index contributed by atoms with van der Waals surface area (Å²) in [5.74, 6) is -0.629. The lowest BCUT2D eigenvalue weighted by Gasteiger charge is -2.30. The molecule has 0 aliphatic carbocycles. The number of carbonyl (C=O) groups excluding carboxylic acids is 2. The van der Waals surface area contributed by atoms with Crippen LogP contribution in [0.25, 0.3) is 0 Å². The van der Waals surface area contributed by atoms with Crippen LogP contribution in [0.1, 0.15) is 11.6 Å². The Morgan fingerprint density at radius 2 is 1.83 bits per heavy atom. The Bertz CT molecular complexity index is 719. The average molecular weight is 328 g/mol. The van der Waals surface area contributed by atoms with Crippen LogP contribution < -0.4 is 15.5 Å². The molecule has 0 radical (unpaired) electrons. The van der Waals surface area contributed by atoms with E-state index in [1.807, 2.05) is 30.3 Å². The lowest BCUT2D eigenvalue weighted by Crippen LogP contribution is -3.16. The van der Waals surface area contributed by atoms with Gasteiger partial charge in [-0.1, -0.05) is 30.3 Å². The van der Waals surface area contributed by atoms with E-state index in [2.05, 4.69) is 10.6 Å². The van der Waals surface area contributed by atoms with Gasteiger partial charge in [0.05, 0.1) is 13.1 Å². The van der Waals surface area contributed by atoms with Crippen LogP contribution in [0.15, 0.2) is 54.6 Å². The van der Waals surface area contributed by atoms with Gasteiger partial charge in [0.1, 0.15) is 5.82 Å². The van der Waals surface area contributed by atoms with Gasteiger partial charge in [0.15, 0.2) is 12.6 Å². The normalized spacial score (nSPS) is 18.5. The number of piperazine rings is 1. The second-order valence-corrected chi connectivity index (χ2v) is 5.77. The Morgan fingerprint density at radius 3 is 2.50 bits per heavy atom. The monoisotopic (exact) mass is 328 g/mol. The molecule has 124 valence electrons. The van der Waals surface area contributed by atoms with Gasteiger partial charge >= 0.3 is 0 Å². The summed E-state index contributed by atoms with van der Waals surface area (Å²) < 4.78 is 13.0. The van der Waals surface area contributed by atoms with Gasteiger partial charge in [0.2, 0.25) is 0 Å². The minimum atomic E-state index is -0.498. The maximum absolute atomic E-state index is 13.0. The van der Waals surface area contributed by atoms with E-state index >= 15 is 0 Å². The molecule has 1 saturated heterocycles. The average Bonchev–Trinajstić information content (AvgIpc) is 2.58. The number of nitrogens with one attached hydrogen (secondary N) is 3. The molecule has 5 nitrogen and oxygen atoms in total. The SMILES string of the molecule is O=C1C[NH+]([C@H](C(=O)Nc2ccc(F)cc2)c2ccccc2)CCN1. The Kier molecular flexibility index (Phi) is 4.86. The standard InChI is InChI=1S/C18H18FN3O2/c19-14-6-8-15(9-7-14)21-18(24)17(13-4-2-1-3-5-13)22-11-10-20-16(23)12-22/h1-9,17H,10-12H2,(H,20,23)(H,21,24)/p+1/t17-/m0/s1. The molecule has 0 spiro atoms. The van der Waals surface area contributed by atoms with E-state index in [4.69, 9.17) is 0 Å². The van der Waals surface area contributed by atoms with Gasteiger partial charge in [-0.25, -0.2) is 4.39 Å². The molecule has 1 fully saturated rings. The van der Waals surface area contributed by atoms with Crippen molar-refractivity contribution < 1.29 is 18.9 Å². The van der Waals surface area contributed by atoms with Crippen LogP contribution >= 0.6 is 0 Å². The molecule has 0 saturated carbocycles. The number of rotatable bonds is 4. The van der Waals surface area contributed by atoms with Crippen LogP contribution in [0.5, 0.6) is 0 Å². The van der Waals surface area contributed by atoms with Crippen LogP contribution in [-0.4, -0.2) is 31.4 Å². The van der Waals surface area contributed by atoms with E-state index in [-0.39, 0.29) is 24.2 Å². The Labute approximate surface area is 139 Å². The molecule has 3 N–H and O–H groups in total. The van der Waals surface area contributed by atoms with E-state index in [1.165, 1.54) is 24.3 Å². The maximum Gasteiger partial charge on any atom is 0.287 e. The Balaban J connectivity index is 1.84. The van der Waals surface area contributed by atoms with Crippen LogP contribution in [0.3, 0.4) is 0 Å². The highest BCUT2D eigenvalue weighted by Gasteiger charge is 2.34. The van der Waals surface area contributed by atoms with Crippen molar-refractivity contribution in [1.82, 2.24) is 5.32 Å². The summed E-state index contributed by atoms with van der Waals surface area (Å²) in [6, 6.07) is 14.5. The lowest BCUT2D eigenvalue weighted by molar-refractivity contribution is -0.915. The summed E-state index contributed by atoms with van der Waals surface area (Å²) in [4.78, 5) is 25.5. The number of anilines is 1. The van der Waals surface area contributed by atoms with Crippen molar-refractivity contribution in [3.63, 3.8) is 0 Å². The highest BCUT2D eigenvalue weighted by Crippen LogP contribution is 2.14. The Hall–Kier alpha value is -2.73. The number of carbonyl (C=O) groups is 2. The molecule has 2 aromatic rings. The first kappa shape index (κ1) is 16.1. The zero-order chi connectivity index (χ0) is 16.9. The summed E-state index contributed by atoms with van der Waals surface area (Å²) >= 11 is 0. The van der Waals surface area contributed by atoms with Gasteiger partial charge in [0, 0.05) is 11.3 Å². The summed E-state index contributed by atoms with van der Waals surface area (Å²) in [6.45, 7) is 1.46. The van der Waals surface area contributed by atoms with Crippen LogP contribution in [0.2, 0.25) is 0 Å². The van der Waals surface area contributed by atoms with Gasteiger partial charge in [-0.05, 0) is 24.3 Å². The zero-order valence-electron chi connectivity index (χ0n) is 13.1. The first-order valence-corrected chi connectivity index (χ1v) is 7.86. The van der Waals surface area contributed by atoms with Gasteiger partial charge in [-0.15, -0.1) is 0 Å². The number of hydrogen-bond donors (Lipinski definition) is 3. The first-order valence-electron chi connectivity index (χ1n) is 7.86. The lowest BCUT2D eigenvalue weighted by atomic mass is 10.0. The molecule has 1 unspecified atom stereocenters. The van der Waals surface area contributed by atoms with E-state index < -0.39 is 6.04 Å². The number of halogens is 1. The predicted octanol–water partition coefficient (Wildman–Crippen LogP) is 0.520. The van der Waals surface area contributed by atoms with Gasteiger partial charge in [-0.3, -0.25) is 9.59 Å². The second-order valence-electron chi connectivity index (χ2n) is 5.77. The topological polar surface area (TPSA) is 62.6 Å². The fourth-order valence-electron chi connectivity index (χ4n) is 2.93. The third-order valence-corrected chi connectivity index (χ3v) is 4.07. The van der Waals surface area contributed by atoms with Gasteiger partial charge in [-0.2, -0.15) is 0 Å². The third kappa shape index (κ3) is 3.78. The molecule has 0 bridgehead atoms. The zero-order valence-corrected chi connectivity index (χ0v) is 13.1. The molecule has 1 aliphatic rings. The van der Waals surface area contributed by atoms with Crippen LogP contribution in [-0.2, 0) is 9.59 Å². The number of amides is 2. The molecule has 0 aromatic heterocycles. The molecule has 2 aromatic carbocycles. The fourth-order valence-corrected chi connectivity index (χ4v) is 2.93. The molecule has 1 aliphatic heterocycles. The molecule has 1 heterocycles. The summed E-state index contributed by atoms with van der Waals surface area (Å²) in [5.41, 5.74) is 1.38. The predicted molar refractivity (Wildman–Crippen MR) is 87.9 cm³/mol. The number of benzene rings is 2. The maximum atomic E-state index is 13.0. The van der Waals surface area contributed by atoms with Crippen molar-refractivity contribution in [3.05, 3.63) is 66.0 Å². The number of quaternary nitrogens is 1. The van der Waals surface area contributed by atoms with Gasteiger partial charge in [0.25, 0.3) is 11.8 Å². The molecule has 24 heavy (non-hydrogen) atoms. The van der Waals surface area contributed by atoms with Crippen molar-refractivity contribution in [2.24, 2.45) is 0 Å². The highest BCUT2D eigenvalue weighted by atomic mass is 19.1. The van der Waals surface area contributed by atoms with Crippen LogP contribution in [0, 0.1) is 5.82 Å². The summed E-state index contributed by atoms with van der Waals surface area (Å²) in [7, 11) is 0. The molecule has 6 heteroatoms. The van der Waals surface area contributed by atoms with Crippen molar-refractivity contribution in [1.29, 1.82) is 0 Å². The molecule has 2 atom stereocenters. The number of hydrogen-bond acceptors (Lipinski definition) is 2. The second kappa shape index (κ2) is 7.23. The fraction of sp³-hybridized carbons (Fsp3) is 0.222. The molecular formula is C18H19FN3O2+. The van der Waals surface area contributed by atoms with Crippen molar-refractivity contribution >= 4 is 17.5 Å². The minimum Gasteiger partial charge on any atom is -0.346 e. The summed E-state index contributed by atoms with van der Waals surface area (Å²) in [6.07, 6.45) is 0. The largest absolute Gasteiger partial charge is 0.346 e. The summed E-state index contributed by atoms with van der Waals surface area (Å²) in [5, 5.41) is 5.60. The molecule has 3 rings (SSSR count). The minimum absolute atomic E-state index is 0.0632. The highest BCUT2D eigenvalue weighted by molar-refractivity contribution is 5.94. The van der Waals surface area contributed by atoms with Gasteiger partial charge < -0.3 is 15.5 Å². The van der Waals surface area contributed by atoms with E-state index in [1.54, 1.807) is 0 Å². The third-order valence-electron chi connectivity index (χ3n) is 4.07. The van der Waals surface area contributed by atoms with Crippen molar-refractivity contribution in [3.8, 4) is 0 Å². The van der Waals surface area contributed by atoms with Crippen molar-refractivity contribution in [2.75, 3.05) is 25.0 Å². The smallest absolute Gasteiger partial charge is 0.287 e. The molecule has 2 amide bonds. The quantitative estimate of drug-likeness (QED) is 0.766. The van der Waals surface area contributed by atoms with Crippen LogP contribution in [0.4, 0.5) is 10.1 Å². The van der Waals surface area contributed by atoms with E-state index in [0.29, 0.717) is 18.8 Å². The van der Waals surface area contributed by atoms with E-state index in [9.17, 15) is 14.0 Å². The Morgan fingerprint density at radius 1 is 1.12 bits per heavy atom.